The second-order valence-electron chi connectivity index (χ2n) is 18.8. The normalized spacial score (nSPS) is 20.6. The van der Waals surface area contributed by atoms with Crippen molar-refractivity contribution in [2.24, 2.45) is 11.8 Å². The van der Waals surface area contributed by atoms with Gasteiger partial charge in [0.15, 0.2) is 0 Å². The number of rotatable bonds is 13. The van der Waals surface area contributed by atoms with Gasteiger partial charge in [-0.05, 0) is 96.7 Å². The zero-order valence-corrected chi connectivity index (χ0v) is 39.1. The lowest BCUT2D eigenvalue weighted by Crippen LogP contribution is -2.54. The van der Waals surface area contributed by atoms with Gasteiger partial charge >= 0.3 is 12.2 Å². The van der Waals surface area contributed by atoms with Crippen molar-refractivity contribution in [1.29, 1.82) is 0 Å². The Balaban J connectivity index is 1.17. The highest BCUT2D eigenvalue weighted by atomic mass is 16.5. The standard InChI is InChI=1S/C48H65N9O8/c1-28(2)40(53-46(62)64-8)44(60)55-24-10-12-36(55)42(58)51-38-22-14-30(26-49-38)34-20-21-35(57(34)33-18-16-32(17-19-33)48(5,6)7)31-15-23-39(50-27-31)52-43(59)37-13-11-25-56(37)45(61)41(29(3)4)54-47(63)65-9/h14-19,22-23,26-29,34-37,40-41H,10-13,20-21,24-25H2,1-9H3,(H,53,62)(H,54,63)(H,49,51,58)(H,50,52,59)/t34?,35?,36-,37-,40-,41-/m0/s1. The van der Waals surface area contributed by atoms with Crippen LogP contribution in [0.4, 0.5) is 26.9 Å². The number of amides is 6. The number of carbonyl (C=O) groups excluding carboxylic acids is 6. The van der Waals surface area contributed by atoms with E-state index in [1.54, 1.807) is 24.5 Å². The average Bonchev–Trinajstić information content (AvgIpc) is 4.08. The molecule has 17 heteroatoms. The molecule has 5 heterocycles. The summed E-state index contributed by atoms with van der Waals surface area (Å²) in [4.78, 5) is 93.2. The first-order valence-electron chi connectivity index (χ1n) is 22.6. The fourth-order valence-corrected chi connectivity index (χ4v) is 9.09. The third-order valence-electron chi connectivity index (χ3n) is 12.7. The van der Waals surface area contributed by atoms with Crippen LogP contribution in [-0.2, 0) is 34.1 Å². The number of alkyl carbamates (subject to hydrolysis) is 2. The second-order valence-corrected chi connectivity index (χ2v) is 18.8. The van der Waals surface area contributed by atoms with Gasteiger partial charge in [-0.1, -0.05) is 72.7 Å². The predicted octanol–water partition coefficient (Wildman–Crippen LogP) is 6.48. The molecular formula is C48H65N9O8. The first-order valence-corrected chi connectivity index (χ1v) is 22.6. The van der Waals surface area contributed by atoms with Gasteiger partial charge in [-0.15, -0.1) is 0 Å². The van der Waals surface area contributed by atoms with Crippen LogP contribution in [0.1, 0.15) is 116 Å². The number of aromatic nitrogens is 2. The van der Waals surface area contributed by atoms with E-state index in [0.717, 1.165) is 29.7 Å². The Morgan fingerprint density at radius 1 is 0.615 bits per heavy atom. The van der Waals surface area contributed by atoms with Crippen LogP contribution in [0, 0.1) is 11.8 Å². The molecule has 0 aliphatic carbocycles. The predicted molar refractivity (Wildman–Crippen MR) is 246 cm³/mol. The number of ether oxygens (including phenoxy) is 2. The summed E-state index contributed by atoms with van der Waals surface area (Å²) < 4.78 is 9.46. The third-order valence-corrected chi connectivity index (χ3v) is 12.7. The van der Waals surface area contributed by atoms with Crippen LogP contribution in [0.3, 0.4) is 0 Å². The van der Waals surface area contributed by atoms with Gasteiger partial charge in [0.1, 0.15) is 35.8 Å². The van der Waals surface area contributed by atoms with E-state index in [0.29, 0.717) is 50.4 Å². The molecule has 3 aliphatic rings. The Hall–Kier alpha value is -6.26. The molecule has 1 aromatic carbocycles. The van der Waals surface area contributed by atoms with Crippen molar-refractivity contribution < 1.29 is 38.2 Å². The van der Waals surface area contributed by atoms with Crippen LogP contribution in [0.25, 0.3) is 0 Å². The summed E-state index contributed by atoms with van der Waals surface area (Å²) in [6.07, 6.45) is 6.06. The van der Waals surface area contributed by atoms with Crippen LogP contribution in [-0.4, -0.2) is 107 Å². The van der Waals surface area contributed by atoms with Gasteiger partial charge in [-0.25, -0.2) is 19.6 Å². The molecule has 6 atom stereocenters. The summed E-state index contributed by atoms with van der Waals surface area (Å²) in [5.74, 6) is -1.04. The van der Waals surface area contributed by atoms with Gasteiger partial charge in [0.05, 0.1) is 26.3 Å². The first-order chi connectivity index (χ1) is 30.9. The Bertz CT molecular complexity index is 2050. The molecule has 3 aromatic rings. The van der Waals surface area contributed by atoms with Gasteiger partial charge in [0, 0.05) is 31.2 Å². The molecule has 3 fully saturated rings. The molecule has 6 rings (SSSR count). The van der Waals surface area contributed by atoms with Crippen LogP contribution in [0.5, 0.6) is 0 Å². The minimum absolute atomic E-state index is 0.0332. The second kappa shape index (κ2) is 20.7. The first kappa shape index (κ1) is 48.2. The summed E-state index contributed by atoms with van der Waals surface area (Å²) >= 11 is 0. The number of methoxy groups -OCH3 is 2. The molecule has 0 saturated carbocycles. The summed E-state index contributed by atoms with van der Waals surface area (Å²) in [7, 11) is 2.48. The molecule has 0 spiro atoms. The highest BCUT2D eigenvalue weighted by Crippen LogP contribution is 2.47. The van der Waals surface area contributed by atoms with E-state index >= 15 is 0 Å². The molecular weight excluding hydrogens is 831 g/mol. The Morgan fingerprint density at radius 2 is 1.03 bits per heavy atom. The van der Waals surface area contributed by atoms with Crippen LogP contribution < -0.4 is 26.2 Å². The fraction of sp³-hybridized carbons (Fsp3) is 0.542. The van der Waals surface area contributed by atoms with Crippen molar-refractivity contribution in [3.05, 3.63) is 77.6 Å². The number of anilines is 3. The van der Waals surface area contributed by atoms with E-state index in [2.05, 4.69) is 81.2 Å². The Morgan fingerprint density at radius 3 is 1.37 bits per heavy atom. The molecule has 4 N–H and O–H groups in total. The summed E-state index contributed by atoms with van der Waals surface area (Å²) in [6, 6.07) is 12.9. The Labute approximate surface area is 381 Å². The van der Waals surface area contributed by atoms with E-state index in [4.69, 9.17) is 9.47 Å². The fourth-order valence-electron chi connectivity index (χ4n) is 9.09. The molecule has 3 aliphatic heterocycles. The molecule has 65 heavy (non-hydrogen) atoms. The molecule has 350 valence electrons. The highest BCUT2D eigenvalue weighted by Gasteiger charge is 2.41. The Kier molecular flexibility index (Phi) is 15.4. The van der Waals surface area contributed by atoms with E-state index < -0.39 is 36.4 Å². The molecule has 0 radical (unpaired) electrons. The zero-order valence-electron chi connectivity index (χ0n) is 39.1. The number of nitrogens with one attached hydrogen (secondary N) is 4. The van der Waals surface area contributed by atoms with Crippen molar-refractivity contribution in [1.82, 2.24) is 30.4 Å². The van der Waals surface area contributed by atoms with Gasteiger partial charge in [-0.3, -0.25) is 19.2 Å². The summed E-state index contributed by atoms with van der Waals surface area (Å²) in [5.41, 5.74) is 4.13. The minimum Gasteiger partial charge on any atom is -0.453 e. The van der Waals surface area contributed by atoms with Crippen molar-refractivity contribution in [2.75, 3.05) is 42.8 Å². The van der Waals surface area contributed by atoms with Crippen LogP contribution in [0.15, 0.2) is 60.9 Å². The van der Waals surface area contributed by atoms with Gasteiger partial charge < -0.3 is 45.4 Å². The van der Waals surface area contributed by atoms with E-state index in [-0.39, 0.29) is 53.0 Å². The quantitative estimate of drug-likeness (QED) is 0.146. The van der Waals surface area contributed by atoms with Crippen LogP contribution in [0.2, 0.25) is 0 Å². The van der Waals surface area contributed by atoms with Gasteiger partial charge in [0.2, 0.25) is 23.6 Å². The lowest BCUT2D eigenvalue weighted by Gasteiger charge is -2.34. The SMILES string of the molecule is COC(=O)N[C@H](C(=O)N1CCC[C@H]1C(=O)Nc1ccc(C2CCC(c3ccc(NC(=O)[C@@H]4CCCN4C(=O)[C@@H](NC(=O)OC)C(C)C)nc3)N2c2ccc(C(C)(C)C)cc2)cn1)C(C)C. The van der Waals surface area contributed by atoms with Gasteiger partial charge in [-0.2, -0.15) is 0 Å². The van der Waals surface area contributed by atoms with Crippen molar-refractivity contribution >= 4 is 53.1 Å². The maximum Gasteiger partial charge on any atom is 0.407 e. The number of carbonyl (C=O) groups is 6. The van der Waals surface area contributed by atoms with Crippen molar-refractivity contribution in [3.8, 4) is 0 Å². The largest absolute Gasteiger partial charge is 0.453 e. The molecule has 6 amide bonds. The zero-order chi connectivity index (χ0) is 47.2. The average molecular weight is 896 g/mol. The molecule has 2 aromatic heterocycles. The maximum absolute atomic E-state index is 13.6. The summed E-state index contributed by atoms with van der Waals surface area (Å²) in [5, 5.41) is 11.1. The highest BCUT2D eigenvalue weighted by molar-refractivity contribution is 5.99. The number of likely N-dealkylation sites (tertiary alicyclic amines) is 2. The van der Waals surface area contributed by atoms with Crippen LogP contribution >= 0.6 is 0 Å². The third kappa shape index (κ3) is 11.2. The lowest BCUT2D eigenvalue weighted by atomic mass is 9.87. The summed E-state index contributed by atoms with van der Waals surface area (Å²) in [6.45, 7) is 14.7. The van der Waals surface area contributed by atoms with Crippen molar-refractivity contribution in [2.45, 2.75) is 129 Å². The van der Waals surface area contributed by atoms with E-state index in [1.807, 2.05) is 39.8 Å². The molecule has 3 saturated heterocycles. The number of pyridine rings is 2. The molecule has 17 nitrogen and oxygen atoms in total. The lowest BCUT2D eigenvalue weighted by molar-refractivity contribution is -0.139. The monoisotopic (exact) mass is 895 g/mol. The number of hydrogen-bond donors (Lipinski definition) is 4. The smallest absolute Gasteiger partial charge is 0.407 e. The molecule has 0 bridgehead atoms. The minimum atomic E-state index is -0.833. The number of benzene rings is 1. The topological polar surface area (TPSA) is 204 Å². The maximum atomic E-state index is 13.6. The van der Waals surface area contributed by atoms with Gasteiger partial charge in [0.25, 0.3) is 0 Å². The van der Waals surface area contributed by atoms with Crippen molar-refractivity contribution in [3.63, 3.8) is 0 Å². The van der Waals surface area contributed by atoms with E-state index in [9.17, 15) is 28.8 Å². The molecule has 2 unspecified atom stereocenters. The van der Waals surface area contributed by atoms with E-state index in [1.165, 1.54) is 29.6 Å². The number of nitrogens with zero attached hydrogens (tertiary/aromatic N) is 5. The number of hydrogen-bond acceptors (Lipinski definition) is 11.